The molecule has 222 valence electrons. The molecule has 0 saturated carbocycles. The zero-order valence-electron chi connectivity index (χ0n) is 20.6. The number of carbonyl (C=O) groups is 2. The summed E-state index contributed by atoms with van der Waals surface area (Å²) in [6.07, 6.45) is -12.9. The number of piperazine rings is 1. The Hall–Kier alpha value is -5.86. The van der Waals surface area contributed by atoms with Crippen LogP contribution in [0.2, 0.25) is 0 Å². The summed E-state index contributed by atoms with van der Waals surface area (Å²) in [5.74, 6) is 0. The van der Waals surface area contributed by atoms with Gasteiger partial charge in [-0.1, -0.05) is 30.1 Å². The highest BCUT2D eigenvalue weighted by Crippen LogP contribution is 2.51. The monoisotopic (exact) mass is 584 g/mol. The molecule has 5 aliphatic rings. The van der Waals surface area contributed by atoms with Crippen molar-refractivity contribution < 1.29 is 39.8 Å². The molecular weight excluding hydrogens is 564 g/mol. The van der Waals surface area contributed by atoms with Gasteiger partial charge in [0.25, 0.3) is 37.0 Å². The van der Waals surface area contributed by atoms with Crippen molar-refractivity contribution >= 4 is 12.8 Å². The summed E-state index contributed by atoms with van der Waals surface area (Å²) < 4.78 is 0. The maximum absolute atomic E-state index is 11.7. The van der Waals surface area contributed by atoms with Gasteiger partial charge in [0.05, 0.1) is 0 Å². The van der Waals surface area contributed by atoms with Gasteiger partial charge in [-0.15, -0.1) is 0 Å². The molecule has 0 aliphatic carbocycles. The number of rotatable bonds is 8. The first kappa shape index (κ1) is 30.4. The van der Waals surface area contributed by atoms with Crippen LogP contribution in [0.25, 0.3) is 0 Å². The molecule has 0 unspecified atom stereocenters. The number of hydrogen-bond donors (Lipinski definition) is 0. The summed E-state index contributed by atoms with van der Waals surface area (Å²) in [6, 6.07) is 0. The van der Waals surface area contributed by atoms with Gasteiger partial charge in [-0.25, -0.2) is 60.7 Å². The summed E-state index contributed by atoms with van der Waals surface area (Å²) in [5.41, 5.74) is 0. The van der Waals surface area contributed by atoms with Crippen LogP contribution < -0.4 is 0 Å². The van der Waals surface area contributed by atoms with Gasteiger partial charge in [-0.2, -0.15) is 0 Å². The lowest BCUT2D eigenvalue weighted by Gasteiger charge is -2.39. The van der Waals surface area contributed by atoms with Crippen LogP contribution >= 0.6 is 0 Å². The number of hydrazine groups is 6. The number of carbonyl (C=O) groups excluding carboxylic acids is 2. The third kappa shape index (κ3) is 4.62. The Kier molecular flexibility index (Phi) is 8.25. The molecule has 0 N–H and O–H groups in total. The van der Waals surface area contributed by atoms with E-state index in [-0.39, 0.29) is 30.1 Å². The van der Waals surface area contributed by atoms with Crippen LogP contribution in [0.4, 0.5) is 0 Å². The average molecular weight is 584 g/mol. The second kappa shape index (κ2) is 10.9. The maximum atomic E-state index is 11.7. The molecule has 0 spiro atoms. The molecule has 5 rings (SSSR count). The maximum Gasteiger partial charge on any atom is 0.272 e. The van der Waals surface area contributed by atoms with Crippen LogP contribution in [-0.4, -0.2) is 148 Å². The molecule has 5 saturated heterocycles. The van der Waals surface area contributed by atoms with Crippen molar-refractivity contribution in [2.75, 3.05) is 28.2 Å². The van der Waals surface area contributed by atoms with Crippen molar-refractivity contribution in [1.29, 1.82) is 0 Å². The minimum atomic E-state index is -2.47. The van der Waals surface area contributed by atoms with E-state index in [9.17, 15) is 70.3 Å². The highest BCUT2D eigenvalue weighted by atomic mass is 16.7. The Morgan fingerprint density at radius 2 is 0.525 bits per heavy atom. The summed E-state index contributed by atoms with van der Waals surface area (Å²) in [7, 11) is 6.75. The molecule has 5 fully saturated rings. The SMILES string of the molecule is CN(C)C=O.CN(C)C=O.O=[N+]([O-])N1C2C3N([N+](=O)[O-])[C@H]4[C@@H](N3[N+](=O)[O-])N([N+](=O)[O-])[C@@H]1[C@@H](N2[N+](=O)[O-])N4[N+](=O)[O-]. The molecule has 0 aromatic rings. The fourth-order valence-corrected chi connectivity index (χ4v) is 4.46. The Balaban J connectivity index is 0.000000482. The second-order valence-electron chi connectivity index (χ2n) is 8.33. The Morgan fingerprint density at radius 3 is 0.575 bits per heavy atom. The third-order valence-electron chi connectivity index (χ3n) is 5.61. The molecule has 40 heavy (non-hydrogen) atoms. The molecule has 28 heteroatoms. The highest BCUT2D eigenvalue weighted by Gasteiger charge is 2.89. The summed E-state index contributed by atoms with van der Waals surface area (Å²) in [6.45, 7) is 0. The lowest BCUT2D eigenvalue weighted by molar-refractivity contribution is -0.792. The van der Waals surface area contributed by atoms with E-state index >= 15 is 0 Å². The minimum absolute atomic E-state index is 0.180. The van der Waals surface area contributed by atoms with Crippen molar-refractivity contribution in [2.45, 2.75) is 37.0 Å². The fraction of sp³-hybridized carbons (Fsp3) is 0.833. The predicted molar refractivity (Wildman–Crippen MR) is 115 cm³/mol. The predicted octanol–water partition coefficient (Wildman–Crippen LogP) is -4.63. The van der Waals surface area contributed by atoms with Gasteiger partial charge in [0.2, 0.25) is 12.8 Å². The zero-order chi connectivity index (χ0) is 31.0. The Labute approximate surface area is 219 Å². The first-order chi connectivity index (χ1) is 18.5. The first-order valence-corrected chi connectivity index (χ1v) is 10.3. The van der Waals surface area contributed by atoms with Gasteiger partial charge >= 0.3 is 0 Å². The van der Waals surface area contributed by atoms with Gasteiger partial charge in [-0.05, 0) is 0 Å². The average Bonchev–Trinajstić information content (AvgIpc) is 3.28. The van der Waals surface area contributed by atoms with Crippen molar-refractivity contribution in [3.05, 3.63) is 60.7 Å². The number of nitro groups is 6. The first-order valence-electron chi connectivity index (χ1n) is 10.3. The molecule has 0 aromatic carbocycles. The van der Waals surface area contributed by atoms with E-state index in [4.69, 9.17) is 0 Å². The normalized spacial score (nSPS) is 26.6. The Bertz CT molecular complexity index is 965. The topological polar surface area (TPSA) is 319 Å². The second-order valence-corrected chi connectivity index (χ2v) is 8.33. The van der Waals surface area contributed by atoms with Crippen LogP contribution in [0.1, 0.15) is 0 Å². The van der Waals surface area contributed by atoms with Gasteiger partial charge in [0, 0.05) is 28.2 Å². The van der Waals surface area contributed by atoms with Gasteiger partial charge in [0.15, 0.2) is 30.2 Å². The fourth-order valence-electron chi connectivity index (χ4n) is 4.46. The lowest BCUT2D eigenvalue weighted by Crippen LogP contribution is -2.77. The van der Waals surface area contributed by atoms with E-state index in [1.54, 1.807) is 28.2 Å². The number of nitrogens with zero attached hydrogens (tertiary/aromatic N) is 14. The molecule has 0 atom stereocenters. The van der Waals surface area contributed by atoms with Gasteiger partial charge in [0.1, 0.15) is 0 Å². The van der Waals surface area contributed by atoms with Crippen molar-refractivity contribution in [3.8, 4) is 0 Å². The number of hydrogen-bond acceptors (Lipinski definition) is 14. The largest absolute Gasteiger partial charge is 0.351 e. The lowest BCUT2D eigenvalue weighted by atomic mass is 10.2. The minimum Gasteiger partial charge on any atom is -0.351 e. The molecule has 0 aromatic heterocycles. The van der Waals surface area contributed by atoms with Crippen LogP contribution in [0.15, 0.2) is 0 Å². The number of amides is 2. The summed E-state index contributed by atoms with van der Waals surface area (Å²) in [5, 5.41) is 60.5. The van der Waals surface area contributed by atoms with E-state index in [2.05, 4.69) is 0 Å². The van der Waals surface area contributed by atoms with Crippen LogP contribution in [0.3, 0.4) is 0 Å². The summed E-state index contributed by atoms with van der Waals surface area (Å²) in [4.78, 5) is 91.7. The van der Waals surface area contributed by atoms with Crippen molar-refractivity contribution in [1.82, 2.24) is 39.9 Å². The molecule has 5 aliphatic heterocycles. The molecule has 0 radical (unpaired) electrons. The van der Waals surface area contributed by atoms with Crippen LogP contribution in [0, 0.1) is 60.7 Å². The summed E-state index contributed by atoms with van der Waals surface area (Å²) >= 11 is 0. The van der Waals surface area contributed by atoms with E-state index in [1.165, 1.54) is 9.80 Å². The van der Waals surface area contributed by atoms with Gasteiger partial charge in [-0.3, -0.25) is 9.59 Å². The van der Waals surface area contributed by atoms with E-state index < -0.39 is 67.2 Å². The highest BCUT2D eigenvalue weighted by molar-refractivity contribution is 5.45. The van der Waals surface area contributed by atoms with E-state index in [0.29, 0.717) is 0 Å². The third-order valence-corrected chi connectivity index (χ3v) is 5.61. The van der Waals surface area contributed by atoms with Crippen LogP contribution in [0.5, 0.6) is 0 Å². The quantitative estimate of drug-likeness (QED) is 0.147. The Morgan fingerprint density at radius 1 is 0.425 bits per heavy atom. The zero-order valence-corrected chi connectivity index (χ0v) is 20.6. The molecular formula is C12H20N14O14. The van der Waals surface area contributed by atoms with E-state index in [1.807, 2.05) is 0 Å². The van der Waals surface area contributed by atoms with Crippen molar-refractivity contribution in [3.63, 3.8) is 0 Å². The molecule has 6 bridgehead atoms. The van der Waals surface area contributed by atoms with Crippen LogP contribution in [-0.2, 0) is 9.59 Å². The smallest absolute Gasteiger partial charge is 0.272 e. The van der Waals surface area contributed by atoms with Crippen molar-refractivity contribution in [2.24, 2.45) is 0 Å². The molecule has 28 nitrogen and oxygen atoms in total. The van der Waals surface area contributed by atoms with E-state index in [0.717, 1.165) is 12.8 Å². The molecule has 5 heterocycles. The molecule has 2 amide bonds. The van der Waals surface area contributed by atoms with Gasteiger partial charge < -0.3 is 9.80 Å². The standard InChI is InChI=1S/C6H6N12O12.2C3H7NO/c19-13(20)7-1-2-8(14(21)22)5(7)6-9(15(23)24)3(11(1)17(27)28)4(10(6)16(25)26)12(2)18(29)30;2*1-4(2)3-5/h1-6H;2*3H,1-2H3/t1-,2+,3+,4-,5?,6?;;.